The number of carbonyl (C=O) groups is 1. The molecule has 2 rings (SSSR count). The van der Waals surface area contributed by atoms with Gasteiger partial charge in [-0.15, -0.1) is 0 Å². The lowest BCUT2D eigenvalue weighted by Crippen LogP contribution is -2.10. The second-order valence-corrected chi connectivity index (χ2v) is 4.17. The van der Waals surface area contributed by atoms with Gasteiger partial charge in [-0.3, -0.25) is 4.79 Å². The maximum Gasteiger partial charge on any atom is 0.158 e. The van der Waals surface area contributed by atoms with Crippen LogP contribution in [0.25, 0.3) is 0 Å². The molecule has 78 valence electrons. The molecule has 0 fully saturated rings. The van der Waals surface area contributed by atoms with Crippen LogP contribution in [-0.4, -0.2) is 5.78 Å². The van der Waals surface area contributed by atoms with E-state index in [-0.39, 0.29) is 0 Å². The Morgan fingerprint density at radius 1 is 1.13 bits per heavy atom. The molecule has 0 aliphatic heterocycles. The van der Waals surface area contributed by atoms with Gasteiger partial charge in [0.1, 0.15) is 0 Å². The van der Waals surface area contributed by atoms with Gasteiger partial charge in [-0.1, -0.05) is 35.9 Å². The Labute approximate surface area is 90.8 Å². The molecule has 0 saturated heterocycles. The first-order valence-corrected chi connectivity index (χ1v) is 5.53. The van der Waals surface area contributed by atoms with Crippen molar-refractivity contribution < 1.29 is 4.79 Å². The molecular formula is C14H16O. The standard InChI is InChI=1S/C14H16O/c1-11-13(8-5-9-14(11)15)10-12-6-3-2-4-7-12/h2-4,6-7H,5,8-10H2,1H3. The predicted molar refractivity (Wildman–Crippen MR) is 61.7 cm³/mol. The number of benzene rings is 1. The van der Waals surface area contributed by atoms with Crippen LogP contribution in [-0.2, 0) is 11.2 Å². The highest BCUT2D eigenvalue weighted by Crippen LogP contribution is 2.24. The molecule has 0 saturated carbocycles. The van der Waals surface area contributed by atoms with E-state index in [0.29, 0.717) is 5.78 Å². The largest absolute Gasteiger partial charge is 0.295 e. The second kappa shape index (κ2) is 4.43. The van der Waals surface area contributed by atoms with Gasteiger partial charge >= 0.3 is 0 Å². The summed E-state index contributed by atoms with van der Waals surface area (Å²) in [5.41, 5.74) is 3.64. The minimum absolute atomic E-state index is 0.340. The molecule has 0 atom stereocenters. The topological polar surface area (TPSA) is 17.1 Å². The first-order chi connectivity index (χ1) is 7.27. The molecule has 0 spiro atoms. The Morgan fingerprint density at radius 3 is 2.60 bits per heavy atom. The van der Waals surface area contributed by atoms with Crippen molar-refractivity contribution in [3.05, 3.63) is 47.0 Å². The SMILES string of the molecule is CC1=C(Cc2ccccc2)CCCC1=O. The third kappa shape index (κ3) is 2.35. The zero-order valence-corrected chi connectivity index (χ0v) is 9.12. The number of carbonyl (C=O) groups excluding carboxylic acids is 1. The van der Waals surface area contributed by atoms with E-state index in [4.69, 9.17) is 0 Å². The second-order valence-electron chi connectivity index (χ2n) is 4.17. The Morgan fingerprint density at radius 2 is 1.87 bits per heavy atom. The van der Waals surface area contributed by atoms with Crippen LogP contribution in [0.4, 0.5) is 0 Å². The van der Waals surface area contributed by atoms with Crippen LogP contribution in [0.3, 0.4) is 0 Å². The Bertz CT molecular complexity index is 387. The van der Waals surface area contributed by atoms with E-state index < -0.39 is 0 Å². The first-order valence-electron chi connectivity index (χ1n) is 5.53. The third-order valence-corrected chi connectivity index (χ3v) is 3.09. The van der Waals surface area contributed by atoms with Crippen molar-refractivity contribution in [2.45, 2.75) is 32.6 Å². The third-order valence-electron chi connectivity index (χ3n) is 3.09. The summed E-state index contributed by atoms with van der Waals surface area (Å²) >= 11 is 0. The van der Waals surface area contributed by atoms with Crippen molar-refractivity contribution in [3.63, 3.8) is 0 Å². The fourth-order valence-electron chi connectivity index (χ4n) is 2.10. The summed E-state index contributed by atoms with van der Waals surface area (Å²) < 4.78 is 0. The summed E-state index contributed by atoms with van der Waals surface area (Å²) in [6, 6.07) is 10.4. The molecule has 1 heteroatoms. The molecule has 0 unspecified atom stereocenters. The minimum atomic E-state index is 0.340. The lowest BCUT2D eigenvalue weighted by molar-refractivity contribution is -0.116. The highest BCUT2D eigenvalue weighted by Gasteiger charge is 2.16. The molecular weight excluding hydrogens is 184 g/mol. The van der Waals surface area contributed by atoms with Crippen LogP contribution in [0.5, 0.6) is 0 Å². The highest BCUT2D eigenvalue weighted by atomic mass is 16.1. The van der Waals surface area contributed by atoms with Crippen molar-refractivity contribution in [1.29, 1.82) is 0 Å². The van der Waals surface area contributed by atoms with E-state index in [1.165, 1.54) is 11.1 Å². The van der Waals surface area contributed by atoms with Gasteiger partial charge in [-0.05, 0) is 37.3 Å². The lowest BCUT2D eigenvalue weighted by Gasteiger charge is -2.16. The first kappa shape index (κ1) is 10.2. The van der Waals surface area contributed by atoms with E-state index in [0.717, 1.165) is 31.3 Å². The van der Waals surface area contributed by atoms with Gasteiger partial charge in [0, 0.05) is 6.42 Å². The Kier molecular flexibility index (Phi) is 3.00. The van der Waals surface area contributed by atoms with Gasteiger partial charge < -0.3 is 0 Å². The van der Waals surface area contributed by atoms with Crippen molar-refractivity contribution in [1.82, 2.24) is 0 Å². The Hall–Kier alpha value is -1.37. The van der Waals surface area contributed by atoms with Gasteiger partial charge in [0.2, 0.25) is 0 Å². The van der Waals surface area contributed by atoms with Crippen LogP contribution in [0, 0.1) is 0 Å². The van der Waals surface area contributed by atoms with E-state index in [1.807, 2.05) is 13.0 Å². The number of ketones is 1. The van der Waals surface area contributed by atoms with E-state index in [1.54, 1.807) is 0 Å². The molecule has 0 bridgehead atoms. The van der Waals surface area contributed by atoms with E-state index in [9.17, 15) is 4.79 Å². The molecule has 1 aliphatic carbocycles. The van der Waals surface area contributed by atoms with Crippen LogP contribution >= 0.6 is 0 Å². The average Bonchev–Trinajstić information content (AvgIpc) is 2.26. The molecule has 1 aromatic carbocycles. The number of hydrogen-bond donors (Lipinski definition) is 0. The lowest BCUT2D eigenvalue weighted by atomic mass is 9.88. The smallest absolute Gasteiger partial charge is 0.158 e. The zero-order chi connectivity index (χ0) is 10.7. The number of allylic oxidation sites excluding steroid dienone is 2. The van der Waals surface area contributed by atoms with Gasteiger partial charge in [0.25, 0.3) is 0 Å². The molecule has 1 aliphatic rings. The van der Waals surface area contributed by atoms with Crippen molar-refractivity contribution in [2.75, 3.05) is 0 Å². The van der Waals surface area contributed by atoms with Gasteiger partial charge in [0.15, 0.2) is 5.78 Å². The molecule has 1 nitrogen and oxygen atoms in total. The fourth-order valence-corrected chi connectivity index (χ4v) is 2.10. The summed E-state index contributed by atoms with van der Waals surface area (Å²) in [5.74, 6) is 0.340. The van der Waals surface area contributed by atoms with Crippen molar-refractivity contribution in [3.8, 4) is 0 Å². The summed E-state index contributed by atoms with van der Waals surface area (Å²) in [4.78, 5) is 11.5. The molecule has 1 aromatic rings. The normalized spacial score (nSPS) is 17.0. The zero-order valence-electron chi connectivity index (χ0n) is 9.12. The maximum absolute atomic E-state index is 11.5. The monoisotopic (exact) mass is 200 g/mol. The van der Waals surface area contributed by atoms with E-state index in [2.05, 4.69) is 24.3 Å². The molecule has 15 heavy (non-hydrogen) atoms. The summed E-state index contributed by atoms with van der Waals surface area (Å²) in [5, 5.41) is 0. The van der Waals surface area contributed by atoms with Crippen LogP contribution in [0.1, 0.15) is 31.7 Å². The molecule has 0 aromatic heterocycles. The maximum atomic E-state index is 11.5. The van der Waals surface area contributed by atoms with Crippen LogP contribution < -0.4 is 0 Å². The van der Waals surface area contributed by atoms with E-state index >= 15 is 0 Å². The summed E-state index contributed by atoms with van der Waals surface area (Å²) in [7, 11) is 0. The molecule has 0 radical (unpaired) electrons. The van der Waals surface area contributed by atoms with Crippen molar-refractivity contribution >= 4 is 5.78 Å². The summed E-state index contributed by atoms with van der Waals surface area (Å²) in [6.07, 6.45) is 3.80. The quantitative estimate of drug-likeness (QED) is 0.716. The minimum Gasteiger partial charge on any atom is -0.295 e. The molecule has 0 N–H and O–H groups in total. The number of Topliss-reactive ketones (excluding diaryl/α,β-unsaturated/α-hetero) is 1. The van der Waals surface area contributed by atoms with Gasteiger partial charge in [-0.25, -0.2) is 0 Å². The summed E-state index contributed by atoms with van der Waals surface area (Å²) in [6.45, 7) is 1.97. The molecule has 0 amide bonds. The molecule has 0 heterocycles. The number of rotatable bonds is 2. The number of hydrogen-bond acceptors (Lipinski definition) is 1. The Balaban J connectivity index is 2.18. The van der Waals surface area contributed by atoms with Gasteiger partial charge in [0.05, 0.1) is 0 Å². The van der Waals surface area contributed by atoms with Crippen LogP contribution in [0.15, 0.2) is 41.5 Å². The fraction of sp³-hybridized carbons (Fsp3) is 0.357. The predicted octanol–water partition coefficient (Wildman–Crippen LogP) is 3.30. The average molecular weight is 200 g/mol. The van der Waals surface area contributed by atoms with Crippen molar-refractivity contribution in [2.24, 2.45) is 0 Å². The highest BCUT2D eigenvalue weighted by molar-refractivity contribution is 5.96. The van der Waals surface area contributed by atoms with Crippen LogP contribution in [0.2, 0.25) is 0 Å². The van der Waals surface area contributed by atoms with Gasteiger partial charge in [-0.2, -0.15) is 0 Å².